The van der Waals surface area contributed by atoms with Gasteiger partial charge in [0, 0.05) is 18.7 Å². The van der Waals surface area contributed by atoms with Crippen molar-refractivity contribution < 1.29 is 0 Å². The third kappa shape index (κ3) is 4.09. The fourth-order valence-electron chi connectivity index (χ4n) is 3.85. The number of nitrogens with zero attached hydrogens (tertiary/aromatic N) is 3. The second kappa shape index (κ2) is 8.37. The molecule has 1 aliphatic rings. The lowest BCUT2D eigenvalue weighted by atomic mass is 10.0. The minimum Gasteiger partial charge on any atom is -0.325 e. The predicted octanol–water partition coefficient (Wildman–Crippen LogP) is 5.61. The number of hydrogen-bond donors (Lipinski definition) is 0. The Morgan fingerprint density at radius 3 is 2.40 bits per heavy atom. The zero-order valence-corrected chi connectivity index (χ0v) is 16.6. The summed E-state index contributed by atoms with van der Waals surface area (Å²) in [5, 5.41) is 0.680. The molecule has 0 radical (unpaired) electrons. The van der Waals surface area contributed by atoms with E-state index in [0.717, 1.165) is 25.3 Å². The molecular formula is C21H30ClN3. The molecule has 0 unspecified atom stereocenters. The number of imidazole rings is 1. The number of aromatic nitrogens is 2. The molecule has 2 aromatic rings. The van der Waals surface area contributed by atoms with Crippen molar-refractivity contribution in [2.45, 2.75) is 66.0 Å². The first kappa shape index (κ1) is 18.5. The molecule has 3 nitrogen and oxygen atoms in total. The van der Waals surface area contributed by atoms with Gasteiger partial charge in [-0.3, -0.25) is 4.90 Å². The summed E-state index contributed by atoms with van der Waals surface area (Å²) >= 11 is 6.64. The van der Waals surface area contributed by atoms with Gasteiger partial charge in [-0.1, -0.05) is 49.6 Å². The summed E-state index contributed by atoms with van der Waals surface area (Å²) in [5.74, 6) is 1.04. The van der Waals surface area contributed by atoms with E-state index in [1.807, 2.05) is 0 Å². The molecule has 3 rings (SSSR count). The SMILES string of the molecule is CCCCn1c(-c2c(C)cccc2C)nc(Cl)c1CN1CCCCC1. The van der Waals surface area contributed by atoms with Crippen molar-refractivity contribution in [3.05, 3.63) is 40.2 Å². The topological polar surface area (TPSA) is 21.1 Å². The summed E-state index contributed by atoms with van der Waals surface area (Å²) in [5.41, 5.74) is 4.97. The Labute approximate surface area is 157 Å². The van der Waals surface area contributed by atoms with Crippen LogP contribution in [-0.4, -0.2) is 27.5 Å². The van der Waals surface area contributed by atoms with Crippen LogP contribution in [0.1, 0.15) is 55.8 Å². The molecule has 1 fully saturated rings. The lowest BCUT2D eigenvalue weighted by Gasteiger charge is -2.27. The Morgan fingerprint density at radius 2 is 1.76 bits per heavy atom. The van der Waals surface area contributed by atoms with Crippen molar-refractivity contribution >= 4 is 11.6 Å². The zero-order chi connectivity index (χ0) is 17.8. The van der Waals surface area contributed by atoms with E-state index in [-0.39, 0.29) is 0 Å². The van der Waals surface area contributed by atoms with E-state index in [1.165, 1.54) is 61.2 Å². The van der Waals surface area contributed by atoms with Gasteiger partial charge in [-0.05, 0) is 57.3 Å². The van der Waals surface area contributed by atoms with Crippen LogP contribution >= 0.6 is 11.6 Å². The third-order valence-electron chi connectivity index (χ3n) is 5.29. The van der Waals surface area contributed by atoms with Crippen molar-refractivity contribution in [3.8, 4) is 11.4 Å². The van der Waals surface area contributed by atoms with Crippen LogP contribution in [0.5, 0.6) is 0 Å². The summed E-state index contributed by atoms with van der Waals surface area (Å²) < 4.78 is 2.38. The van der Waals surface area contributed by atoms with Crippen LogP contribution in [-0.2, 0) is 13.1 Å². The van der Waals surface area contributed by atoms with Gasteiger partial charge in [0.1, 0.15) is 5.82 Å². The molecule has 0 bridgehead atoms. The fraction of sp³-hybridized carbons (Fsp3) is 0.571. The number of likely N-dealkylation sites (tertiary alicyclic amines) is 1. The summed E-state index contributed by atoms with van der Waals surface area (Å²) in [6.07, 6.45) is 6.27. The van der Waals surface area contributed by atoms with E-state index in [0.29, 0.717) is 5.15 Å². The number of unbranched alkanes of at least 4 members (excludes halogenated alkanes) is 1. The molecule has 0 N–H and O–H groups in total. The van der Waals surface area contributed by atoms with Crippen LogP contribution < -0.4 is 0 Å². The number of halogens is 1. The van der Waals surface area contributed by atoms with Gasteiger partial charge in [0.15, 0.2) is 5.15 Å². The van der Waals surface area contributed by atoms with Gasteiger partial charge in [-0.2, -0.15) is 0 Å². The molecule has 0 spiro atoms. The lowest BCUT2D eigenvalue weighted by molar-refractivity contribution is 0.216. The van der Waals surface area contributed by atoms with Crippen LogP contribution in [0.4, 0.5) is 0 Å². The fourth-order valence-corrected chi connectivity index (χ4v) is 4.09. The average Bonchev–Trinajstić information content (AvgIpc) is 2.89. The quantitative estimate of drug-likeness (QED) is 0.668. The molecule has 136 valence electrons. The van der Waals surface area contributed by atoms with Gasteiger partial charge in [-0.15, -0.1) is 0 Å². The van der Waals surface area contributed by atoms with Crippen LogP contribution in [0.3, 0.4) is 0 Å². The van der Waals surface area contributed by atoms with Crippen molar-refractivity contribution in [1.82, 2.24) is 14.5 Å². The predicted molar refractivity (Wildman–Crippen MR) is 106 cm³/mol. The third-order valence-corrected chi connectivity index (χ3v) is 5.59. The highest BCUT2D eigenvalue weighted by Gasteiger charge is 2.22. The van der Waals surface area contributed by atoms with Gasteiger partial charge in [0.05, 0.1) is 5.69 Å². The van der Waals surface area contributed by atoms with Crippen molar-refractivity contribution in [2.75, 3.05) is 13.1 Å². The zero-order valence-electron chi connectivity index (χ0n) is 15.8. The first-order valence-electron chi connectivity index (χ1n) is 9.65. The number of piperidine rings is 1. The largest absolute Gasteiger partial charge is 0.325 e. The second-order valence-corrected chi connectivity index (χ2v) is 7.64. The van der Waals surface area contributed by atoms with Crippen LogP contribution in [0, 0.1) is 13.8 Å². The van der Waals surface area contributed by atoms with E-state index < -0.39 is 0 Å². The number of aryl methyl sites for hydroxylation is 2. The van der Waals surface area contributed by atoms with Gasteiger partial charge >= 0.3 is 0 Å². The Kier molecular flexibility index (Phi) is 6.19. The van der Waals surface area contributed by atoms with Gasteiger partial charge in [-0.25, -0.2) is 4.98 Å². The summed E-state index contributed by atoms with van der Waals surface area (Å²) in [6.45, 7) is 10.8. The number of rotatable bonds is 6. The van der Waals surface area contributed by atoms with E-state index in [9.17, 15) is 0 Å². The van der Waals surface area contributed by atoms with Gasteiger partial charge in [0.25, 0.3) is 0 Å². The lowest BCUT2D eigenvalue weighted by Crippen LogP contribution is -2.30. The highest BCUT2D eigenvalue weighted by molar-refractivity contribution is 6.30. The smallest absolute Gasteiger partial charge is 0.152 e. The molecule has 25 heavy (non-hydrogen) atoms. The molecule has 1 aromatic heterocycles. The molecule has 0 aliphatic carbocycles. The normalized spacial score (nSPS) is 15.7. The standard InChI is InChI=1S/C21H30ClN3/c1-4-5-14-25-18(15-24-12-7-6-8-13-24)20(22)23-21(25)19-16(2)10-9-11-17(19)3/h9-11H,4-8,12-15H2,1-3H3. The maximum atomic E-state index is 6.64. The Balaban J connectivity index is 2.01. The van der Waals surface area contributed by atoms with Crippen LogP contribution in [0.2, 0.25) is 5.15 Å². The van der Waals surface area contributed by atoms with Crippen molar-refractivity contribution in [2.24, 2.45) is 0 Å². The summed E-state index contributed by atoms with van der Waals surface area (Å²) in [6, 6.07) is 6.45. The summed E-state index contributed by atoms with van der Waals surface area (Å²) in [7, 11) is 0. The minimum absolute atomic E-state index is 0.680. The maximum Gasteiger partial charge on any atom is 0.152 e. The minimum atomic E-state index is 0.680. The monoisotopic (exact) mass is 359 g/mol. The van der Waals surface area contributed by atoms with Crippen molar-refractivity contribution in [1.29, 1.82) is 0 Å². The summed E-state index contributed by atoms with van der Waals surface area (Å²) in [4.78, 5) is 7.35. The molecular weight excluding hydrogens is 330 g/mol. The van der Waals surface area contributed by atoms with Crippen molar-refractivity contribution in [3.63, 3.8) is 0 Å². The second-order valence-electron chi connectivity index (χ2n) is 7.28. The molecule has 0 amide bonds. The molecule has 2 heterocycles. The van der Waals surface area contributed by atoms with Gasteiger partial charge < -0.3 is 4.57 Å². The number of hydrogen-bond acceptors (Lipinski definition) is 2. The molecule has 1 saturated heterocycles. The van der Waals surface area contributed by atoms with E-state index in [2.05, 4.69) is 48.4 Å². The van der Waals surface area contributed by atoms with E-state index in [1.54, 1.807) is 0 Å². The Morgan fingerprint density at radius 1 is 1.08 bits per heavy atom. The number of benzene rings is 1. The molecule has 1 aliphatic heterocycles. The van der Waals surface area contributed by atoms with Crippen LogP contribution in [0.15, 0.2) is 18.2 Å². The molecule has 1 aromatic carbocycles. The van der Waals surface area contributed by atoms with Crippen LogP contribution in [0.25, 0.3) is 11.4 Å². The highest BCUT2D eigenvalue weighted by Crippen LogP contribution is 2.32. The molecule has 0 saturated carbocycles. The average molecular weight is 360 g/mol. The van der Waals surface area contributed by atoms with E-state index >= 15 is 0 Å². The first-order valence-corrected chi connectivity index (χ1v) is 10.0. The highest BCUT2D eigenvalue weighted by atomic mass is 35.5. The molecule has 4 heteroatoms. The Bertz CT molecular complexity index is 694. The first-order chi connectivity index (χ1) is 12.1. The molecule has 0 atom stereocenters. The van der Waals surface area contributed by atoms with E-state index in [4.69, 9.17) is 16.6 Å². The Hall–Kier alpha value is -1.32. The van der Waals surface area contributed by atoms with Gasteiger partial charge in [0.2, 0.25) is 0 Å². The maximum absolute atomic E-state index is 6.64.